The third kappa shape index (κ3) is 11.1. The second-order valence-corrected chi connectivity index (χ2v) is 15.0. The highest BCUT2D eigenvalue weighted by Gasteiger charge is 2.20. The van der Waals surface area contributed by atoms with E-state index < -0.39 is 0 Å². The van der Waals surface area contributed by atoms with Crippen LogP contribution in [-0.4, -0.2) is 26.4 Å². The number of anilines is 6. The maximum Gasteiger partial charge on any atom is 0.140 e. The highest BCUT2D eigenvalue weighted by molar-refractivity contribution is 6.35. The summed E-state index contributed by atoms with van der Waals surface area (Å²) in [6.07, 6.45) is 5.97. The third-order valence-electron chi connectivity index (χ3n) is 9.89. The minimum atomic E-state index is 0.298. The number of para-hydroxylation sites is 2. The van der Waals surface area contributed by atoms with E-state index in [1.807, 2.05) is 109 Å². The van der Waals surface area contributed by atoms with Gasteiger partial charge in [0, 0.05) is 22.7 Å². The topological polar surface area (TPSA) is 43.4 Å². The first-order valence-electron chi connectivity index (χ1n) is 20.0. The molecule has 0 radical (unpaired) electrons. The normalized spacial score (nSPS) is 12.2. The molecule has 6 rings (SSSR count). The van der Waals surface area contributed by atoms with Crippen molar-refractivity contribution in [2.45, 2.75) is 40.5 Å². The molecule has 0 amide bonds. The molecule has 2 unspecified atom stereocenters. The minimum absolute atomic E-state index is 0.298. The van der Waals surface area contributed by atoms with E-state index in [0.717, 1.165) is 58.5 Å². The molecule has 0 bridgehead atoms. The zero-order valence-corrected chi connectivity index (χ0v) is 35.2. The quantitative estimate of drug-likeness (QED) is 0.0715. The highest BCUT2D eigenvalue weighted by atomic mass is 35.5. The van der Waals surface area contributed by atoms with E-state index in [1.54, 1.807) is 0 Å². The van der Waals surface area contributed by atoms with E-state index in [9.17, 15) is 0 Å². The molecule has 0 aliphatic rings. The second kappa shape index (κ2) is 21.3. The number of halogens is 2. The smallest absolute Gasteiger partial charge is 0.140 e. The Morgan fingerprint density at radius 1 is 0.448 bits per heavy atom. The number of rotatable bonds is 20. The van der Waals surface area contributed by atoms with Crippen molar-refractivity contribution in [3.05, 3.63) is 168 Å². The average Bonchev–Trinajstić information content (AvgIpc) is 3.27. The number of benzene rings is 6. The molecule has 0 saturated carbocycles. The molecule has 0 aromatic heterocycles. The van der Waals surface area contributed by atoms with Crippen molar-refractivity contribution >= 4 is 57.3 Å². The minimum Gasteiger partial charge on any atom is -0.493 e. The summed E-state index contributed by atoms with van der Waals surface area (Å²) in [5.41, 5.74) is 5.45. The summed E-state index contributed by atoms with van der Waals surface area (Å²) in [5.74, 6) is 3.81. The van der Waals surface area contributed by atoms with Gasteiger partial charge in [-0.05, 0) is 121 Å². The summed E-state index contributed by atoms with van der Waals surface area (Å²) in [6.45, 7) is 10.7. The van der Waals surface area contributed by atoms with E-state index in [0.29, 0.717) is 59.8 Å². The lowest BCUT2D eigenvalue weighted by Gasteiger charge is -2.27. The van der Waals surface area contributed by atoms with Crippen molar-refractivity contribution in [1.29, 1.82) is 0 Å². The summed E-state index contributed by atoms with van der Waals surface area (Å²) in [5, 5.41) is 1.01. The monoisotopic (exact) mass is 814 g/mol. The summed E-state index contributed by atoms with van der Waals surface area (Å²) in [7, 11) is 0. The van der Waals surface area contributed by atoms with Crippen LogP contribution >= 0.6 is 23.2 Å². The van der Waals surface area contributed by atoms with Crippen molar-refractivity contribution in [3.63, 3.8) is 0 Å². The maximum atomic E-state index is 7.08. The number of hydrogen-bond acceptors (Lipinski definition) is 6. The molecule has 300 valence electrons. The van der Waals surface area contributed by atoms with Crippen molar-refractivity contribution in [2.24, 2.45) is 11.8 Å². The van der Waals surface area contributed by atoms with Crippen LogP contribution in [-0.2, 0) is 0 Å². The Kier molecular flexibility index (Phi) is 15.4. The van der Waals surface area contributed by atoms with Crippen molar-refractivity contribution in [2.75, 3.05) is 36.2 Å². The Morgan fingerprint density at radius 2 is 0.810 bits per heavy atom. The summed E-state index contributed by atoms with van der Waals surface area (Å²) in [4.78, 5) is 4.24. The molecular formula is C50H52Cl2N2O4. The van der Waals surface area contributed by atoms with Gasteiger partial charge in [-0.15, -0.1) is 0 Å². The van der Waals surface area contributed by atoms with Gasteiger partial charge in [-0.2, -0.15) is 0 Å². The summed E-state index contributed by atoms with van der Waals surface area (Å²) in [6, 6.07) is 48.1. The lowest BCUT2D eigenvalue weighted by molar-refractivity contribution is 0.256. The van der Waals surface area contributed by atoms with Crippen molar-refractivity contribution in [3.8, 4) is 23.0 Å². The molecule has 0 aliphatic heterocycles. The predicted octanol–water partition coefficient (Wildman–Crippen LogP) is 14.8. The van der Waals surface area contributed by atoms with Gasteiger partial charge in [0.2, 0.25) is 0 Å². The number of ether oxygens (including phenoxy) is 4. The Hall–Kier alpha value is -5.56. The van der Waals surface area contributed by atoms with Crippen LogP contribution in [0.15, 0.2) is 158 Å². The molecule has 58 heavy (non-hydrogen) atoms. The van der Waals surface area contributed by atoms with E-state index in [1.165, 1.54) is 0 Å². The molecule has 0 aliphatic carbocycles. The molecule has 6 aromatic rings. The SMILES string of the molecule is CCC(C)COc1ccc(N(c2ccccc2)c2cccc(OCC=CCOc3cccc(N(c4ccccc4)c4ccc(OCC(C)CC)cc4)c3Cl)c2Cl)cc1. The van der Waals surface area contributed by atoms with E-state index >= 15 is 0 Å². The van der Waals surface area contributed by atoms with Gasteiger partial charge in [0.05, 0.1) is 24.6 Å². The van der Waals surface area contributed by atoms with Crippen LogP contribution in [0.5, 0.6) is 23.0 Å². The van der Waals surface area contributed by atoms with Gasteiger partial charge in [-0.25, -0.2) is 0 Å². The molecule has 6 aromatic carbocycles. The molecule has 0 fully saturated rings. The Morgan fingerprint density at radius 3 is 1.17 bits per heavy atom. The van der Waals surface area contributed by atoms with E-state index in [-0.39, 0.29) is 0 Å². The summed E-state index contributed by atoms with van der Waals surface area (Å²) >= 11 is 14.2. The van der Waals surface area contributed by atoms with Crippen LogP contribution < -0.4 is 28.7 Å². The average molecular weight is 816 g/mol. The first-order valence-corrected chi connectivity index (χ1v) is 20.8. The lowest BCUT2D eigenvalue weighted by atomic mass is 10.1. The van der Waals surface area contributed by atoms with Crippen LogP contribution in [0, 0.1) is 11.8 Å². The Bertz CT molecular complexity index is 2020. The standard InChI is InChI=1S/C50H52Cl2N2O4/c1-5-37(3)35-57-43-29-25-41(26-30-43)53(39-17-9-7-10-18-39)45-21-15-23-47(49(45)51)55-33-13-14-34-56-48-24-16-22-46(50(48)52)54(40-19-11-8-12-20-40)42-27-31-44(32-28-42)58-36-38(4)6-2/h7-32,37-38H,5-6,33-36H2,1-4H3. The van der Waals surface area contributed by atoms with Gasteiger partial charge < -0.3 is 28.7 Å². The zero-order chi connectivity index (χ0) is 40.7. The van der Waals surface area contributed by atoms with Gasteiger partial charge in [0.15, 0.2) is 0 Å². The van der Waals surface area contributed by atoms with Crippen LogP contribution in [0.3, 0.4) is 0 Å². The van der Waals surface area contributed by atoms with Gasteiger partial charge >= 0.3 is 0 Å². The molecule has 0 N–H and O–H groups in total. The van der Waals surface area contributed by atoms with Gasteiger partial charge in [0.25, 0.3) is 0 Å². The molecule has 2 atom stereocenters. The fraction of sp³-hybridized carbons (Fsp3) is 0.240. The van der Waals surface area contributed by atoms with Crippen molar-refractivity contribution in [1.82, 2.24) is 0 Å². The third-order valence-corrected chi connectivity index (χ3v) is 10.6. The largest absolute Gasteiger partial charge is 0.493 e. The van der Waals surface area contributed by atoms with Crippen LogP contribution in [0.4, 0.5) is 34.1 Å². The molecule has 0 heterocycles. The van der Waals surface area contributed by atoms with Crippen molar-refractivity contribution < 1.29 is 18.9 Å². The molecule has 0 spiro atoms. The fourth-order valence-corrected chi connectivity index (χ4v) is 6.61. The first kappa shape index (κ1) is 42.1. The maximum absolute atomic E-state index is 7.08. The number of nitrogens with zero attached hydrogens (tertiary/aromatic N) is 2. The molecule has 6 nitrogen and oxygen atoms in total. The zero-order valence-electron chi connectivity index (χ0n) is 33.7. The Labute approximate surface area is 354 Å². The molecule has 0 saturated heterocycles. The first-order chi connectivity index (χ1) is 28.4. The summed E-state index contributed by atoms with van der Waals surface area (Å²) < 4.78 is 24.4. The van der Waals surface area contributed by atoms with Crippen LogP contribution in [0.2, 0.25) is 10.0 Å². The highest BCUT2D eigenvalue weighted by Crippen LogP contribution is 2.44. The van der Waals surface area contributed by atoms with Crippen LogP contribution in [0.1, 0.15) is 40.5 Å². The van der Waals surface area contributed by atoms with Crippen LogP contribution in [0.25, 0.3) is 0 Å². The second-order valence-electron chi connectivity index (χ2n) is 14.3. The lowest BCUT2D eigenvalue weighted by Crippen LogP contribution is -2.11. The van der Waals surface area contributed by atoms with Gasteiger partial charge in [0.1, 0.15) is 46.3 Å². The molecular weight excluding hydrogens is 763 g/mol. The molecule has 8 heteroatoms. The fourth-order valence-electron chi connectivity index (χ4n) is 6.08. The van der Waals surface area contributed by atoms with E-state index in [4.69, 9.17) is 42.1 Å². The van der Waals surface area contributed by atoms with Gasteiger partial charge in [-0.3, -0.25) is 0 Å². The number of hydrogen-bond donors (Lipinski definition) is 0. The predicted molar refractivity (Wildman–Crippen MR) is 242 cm³/mol. The van der Waals surface area contributed by atoms with E-state index in [2.05, 4.69) is 86.0 Å². The Balaban J connectivity index is 1.12. The van der Waals surface area contributed by atoms with Gasteiger partial charge in [-0.1, -0.05) is 112 Å².